The van der Waals surface area contributed by atoms with Gasteiger partial charge in [-0.3, -0.25) is 0 Å². The fourth-order valence-corrected chi connectivity index (χ4v) is 3.06. The summed E-state index contributed by atoms with van der Waals surface area (Å²) in [5, 5.41) is 1.97. The number of alkyl halides is 3. The molecule has 5 nitrogen and oxygen atoms in total. The van der Waals surface area contributed by atoms with E-state index in [2.05, 4.69) is 4.98 Å². The Kier molecular flexibility index (Phi) is 5.37. The number of aromatic nitrogens is 1. The van der Waals surface area contributed by atoms with Crippen molar-refractivity contribution in [3.63, 3.8) is 0 Å². The van der Waals surface area contributed by atoms with E-state index in [-0.39, 0.29) is 24.1 Å². The van der Waals surface area contributed by atoms with Gasteiger partial charge < -0.3 is 13.9 Å². The van der Waals surface area contributed by atoms with E-state index < -0.39 is 17.9 Å². The van der Waals surface area contributed by atoms with Gasteiger partial charge in [-0.15, -0.1) is 0 Å². The molecule has 0 amide bonds. The van der Waals surface area contributed by atoms with E-state index in [4.69, 9.17) is 13.9 Å². The van der Waals surface area contributed by atoms with Gasteiger partial charge in [0.25, 0.3) is 0 Å². The van der Waals surface area contributed by atoms with Crippen LogP contribution in [0.25, 0.3) is 22.2 Å². The fraction of sp³-hybridized carbons (Fsp3) is 0.130. The Bertz CT molecular complexity index is 1220. The Morgan fingerprint density at radius 2 is 1.71 bits per heavy atom. The Hall–Kier alpha value is -3.81. The number of ether oxygens (including phenoxy) is 2. The minimum Gasteiger partial charge on any atom is -0.429 e. The SMILES string of the molecule is Cc1nc(-c2ccc(C(F)(F)F)cc2)oc1OC(=O)OCc1cccc2ccccc12. The van der Waals surface area contributed by atoms with Gasteiger partial charge in [-0.1, -0.05) is 42.5 Å². The monoisotopic (exact) mass is 427 g/mol. The minimum absolute atomic E-state index is 0.000860. The number of rotatable bonds is 4. The maximum atomic E-state index is 12.7. The van der Waals surface area contributed by atoms with Gasteiger partial charge in [0.1, 0.15) is 12.3 Å². The normalized spacial score (nSPS) is 11.5. The van der Waals surface area contributed by atoms with Crippen molar-refractivity contribution in [3.8, 4) is 17.4 Å². The topological polar surface area (TPSA) is 61.6 Å². The summed E-state index contributed by atoms with van der Waals surface area (Å²) in [5.74, 6) is -0.152. The molecule has 0 saturated heterocycles. The smallest absolute Gasteiger partial charge is 0.429 e. The van der Waals surface area contributed by atoms with Gasteiger partial charge in [0.2, 0.25) is 5.89 Å². The number of nitrogens with zero attached hydrogens (tertiary/aromatic N) is 1. The molecule has 0 unspecified atom stereocenters. The summed E-state index contributed by atoms with van der Waals surface area (Å²) in [4.78, 5) is 16.2. The van der Waals surface area contributed by atoms with E-state index >= 15 is 0 Å². The Morgan fingerprint density at radius 1 is 1.00 bits per heavy atom. The molecule has 0 atom stereocenters. The number of aryl methyl sites for hydroxylation is 1. The highest BCUT2D eigenvalue weighted by Crippen LogP contribution is 2.32. The number of carbonyl (C=O) groups is 1. The summed E-state index contributed by atoms with van der Waals surface area (Å²) in [7, 11) is 0. The lowest BCUT2D eigenvalue weighted by Gasteiger charge is -2.07. The first-order valence-electron chi connectivity index (χ1n) is 9.27. The summed E-state index contributed by atoms with van der Waals surface area (Å²) in [5.41, 5.74) is 0.606. The van der Waals surface area contributed by atoms with Crippen LogP contribution in [0.4, 0.5) is 18.0 Å². The lowest BCUT2D eigenvalue weighted by molar-refractivity contribution is -0.137. The quantitative estimate of drug-likeness (QED) is 0.346. The molecular weight excluding hydrogens is 411 g/mol. The average molecular weight is 427 g/mol. The Morgan fingerprint density at radius 3 is 2.45 bits per heavy atom. The largest absolute Gasteiger partial charge is 0.516 e. The zero-order valence-electron chi connectivity index (χ0n) is 16.3. The Labute approximate surface area is 175 Å². The maximum absolute atomic E-state index is 12.7. The highest BCUT2D eigenvalue weighted by Gasteiger charge is 2.30. The standard InChI is InChI=1S/C23H16F3NO4/c1-14-21(30-20(27-14)16-9-11-18(12-10-16)23(24,25)26)31-22(28)29-13-17-7-4-6-15-5-2-3-8-19(15)17/h2-12H,13H2,1H3. The van der Waals surface area contributed by atoms with E-state index in [9.17, 15) is 18.0 Å². The number of benzene rings is 3. The molecule has 4 rings (SSSR count). The van der Waals surface area contributed by atoms with Crippen LogP contribution < -0.4 is 4.74 Å². The molecule has 0 saturated carbocycles. The van der Waals surface area contributed by atoms with Crippen LogP contribution in [-0.2, 0) is 17.5 Å². The first kappa shape index (κ1) is 20.5. The summed E-state index contributed by atoms with van der Waals surface area (Å²) in [6.45, 7) is 1.55. The van der Waals surface area contributed by atoms with Gasteiger partial charge in [-0.25, -0.2) is 9.78 Å². The summed E-state index contributed by atoms with van der Waals surface area (Å²) >= 11 is 0. The number of fused-ring (bicyclic) bond motifs is 1. The van der Waals surface area contributed by atoms with Crippen molar-refractivity contribution in [1.82, 2.24) is 4.98 Å². The maximum Gasteiger partial charge on any atom is 0.516 e. The molecule has 0 radical (unpaired) electrons. The second-order valence-corrected chi connectivity index (χ2v) is 6.75. The molecule has 0 fully saturated rings. The molecule has 4 aromatic rings. The zero-order valence-corrected chi connectivity index (χ0v) is 16.3. The molecule has 1 aromatic heterocycles. The minimum atomic E-state index is -4.44. The predicted octanol–water partition coefficient (Wildman–Crippen LogP) is 6.54. The third-order valence-electron chi connectivity index (χ3n) is 4.61. The first-order chi connectivity index (χ1) is 14.8. The molecule has 0 aliphatic rings. The van der Waals surface area contributed by atoms with Crippen LogP contribution in [-0.4, -0.2) is 11.1 Å². The average Bonchev–Trinajstić information content (AvgIpc) is 3.12. The van der Waals surface area contributed by atoms with Gasteiger partial charge in [0.05, 0.1) is 5.56 Å². The van der Waals surface area contributed by atoms with E-state index in [1.807, 2.05) is 42.5 Å². The van der Waals surface area contributed by atoms with E-state index in [0.717, 1.165) is 28.5 Å². The summed E-state index contributed by atoms with van der Waals surface area (Å²) in [6, 6.07) is 17.7. The van der Waals surface area contributed by atoms with E-state index in [1.165, 1.54) is 12.1 Å². The van der Waals surface area contributed by atoms with Crippen molar-refractivity contribution in [1.29, 1.82) is 0 Å². The second-order valence-electron chi connectivity index (χ2n) is 6.75. The van der Waals surface area contributed by atoms with Crippen LogP contribution >= 0.6 is 0 Å². The molecule has 0 spiro atoms. The third kappa shape index (κ3) is 4.53. The van der Waals surface area contributed by atoms with Crippen LogP contribution in [0.5, 0.6) is 5.95 Å². The first-order valence-corrected chi connectivity index (χ1v) is 9.27. The number of carbonyl (C=O) groups excluding carboxylic acids is 1. The van der Waals surface area contributed by atoms with Gasteiger partial charge in [-0.05, 0) is 47.5 Å². The van der Waals surface area contributed by atoms with Crippen LogP contribution in [0.15, 0.2) is 71.1 Å². The van der Waals surface area contributed by atoms with Gasteiger partial charge in [0.15, 0.2) is 0 Å². The molecule has 0 N–H and O–H groups in total. The Balaban J connectivity index is 1.44. The predicted molar refractivity (Wildman–Crippen MR) is 106 cm³/mol. The third-order valence-corrected chi connectivity index (χ3v) is 4.61. The van der Waals surface area contributed by atoms with Crippen molar-refractivity contribution >= 4 is 16.9 Å². The van der Waals surface area contributed by atoms with Crippen LogP contribution in [0.2, 0.25) is 0 Å². The number of hydrogen-bond donors (Lipinski definition) is 0. The molecule has 1 heterocycles. The molecule has 0 aliphatic carbocycles. The van der Waals surface area contributed by atoms with Crippen LogP contribution in [0.3, 0.4) is 0 Å². The van der Waals surface area contributed by atoms with Crippen molar-refractivity contribution in [2.75, 3.05) is 0 Å². The van der Waals surface area contributed by atoms with Gasteiger partial charge in [0, 0.05) is 5.56 Å². The summed E-state index contributed by atoms with van der Waals surface area (Å²) in [6.07, 6.45) is -5.42. The number of oxazole rings is 1. The zero-order chi connectivity index (χ0) is 22.0. The number of halogens is 3. The molecular formula is C23H16F3NO4. The lowest BCUT2D eigenvalue weighted by atomic mass is 10.1. The summed E-state index contributed by atoms with van der Waals surface area (Å²) < 4.78 is 53.8. The number of hydrogen-bond acceptors (Lipinski definition) is 5. The van der Waals surface area contributed by atoms with Crippen LogP contribution in [0.1, 0.15) is 16.8 Å². The van der Waals surface area contributed by atoms with Crippen LogP contribution in [0, 0.1) is 6.92 Å². The van der Waals surface area contributed by atoms with Crippen molar-refractivity contribution in [2.45, 2.75) is 19.7 Å². The molecule has 3 aromatic carbocycles. The molecule has 8 heteroatoms. The van der Waals surface area contributed by atoms with Gasteiger partial charge in [-0.2, -0.15) is 13.2 Å². The molecule has 158 valence electrons. The highest BCUT2D eigenvalue weighted by molar-refractivity contribution is 5.85. The van der Waals surface area contributed by atoms with E-state index in [0.29, 0.717) is 5.56 Å². The van der Waals surface area contributed by atoms with Crippen molar-refractivity contribution < 1.29 is 31.9 Å². The van der Waals surface area contributed by atoms with Crippen molar-refractivity contribution in [3.05, 3.63) is 83.6 Å². The highest BCUT2D eigenvalue weighted by atomic mass is 19.4. The molecule has 31 heavy (non-hydrogen) atoms. The van der Waals surface area contributed by atoms with E-state index in [1.54, 1.807) is 6.92 Å². The van der Waals surface area contributed by atoms with Crippen molar-refractivity contribution in [2.24, 2.45) is 0 Å². The fourth-order valence-electron chi connectivity index (χ4n) is 3.06. The molecule has 0 aliphatic heterocycles. The molecule has 0 bridgehead atoms. The lowest BCUT2D eigenvalue weighted by Crippen LogP contribution is -2.10. The second kappa shape index (κ2) is 8.14. The van der Waals surface area contributed by atoms with Gasteiger partial charge >= 0.3 is 18.3 Å².